The van der Waals surface area contributed by atoms with Gasteiger partial charge in [-0.2, -0.15) is 0 Å². The summed E-state index contributed by atoms with van der Waals surface area (Å²) in [5, 5.41) is 1.22. The number of hydrogen-bond donors (Lipinski definition) is 0. The minimum absolute atomic E-state index is 0.998. The number of halogens is 1. The lowest BCUT2D eigenvalue weighted by Crippen LogP contribution is -2.68. The second-order valence-corrected chi connectivity index (χ2v) is 9.08. The van der Waals surface area contributed by atoms with E-state index in [0.29, 0.717) is 0 Å². The molecule has 3 saturated carbocycles. The lowest BCUT2D eigenvalue weighted by molar-refractivity contribution is -0.996. The van der Waals surface area contributed by atoms with Crippen LogP contribution >= 0.6 is 15.9 Å². The van der Waals surface area contributed by atoms with Crippen LogP contribution in [0.5, 0.6) is 0 Å². The molecule has 0 aliphatic heterocycles. The Morgan fingerprint density at radius 3 is 1.14 bits per heavy atom. The van der Waals surface area contributed by atoms with Gasteiger partial charge in [0.05, 0.1) is 30.0 Å². The van der Waals surface area contributed by atoms with Crippen molar-refractivity contribution in [3.05, 3.63) is 0 Å². The van der Waals surface area contributed by atoms with Crippen molar-refractivity contribution in [2.75, 3.05) is 11.9 Å². The molecule has 0 aromatic heterocycles. The molecule has 0 saturated heterocycles. The van der Waals surface area contributed by atoms with Crippen LogP contribution in [0.25, 0.3) is 0 Å². The number of nitrogens with zero attached hydrogens (tertiary/aromatic N) is 1. The van der Waals surface area contributed by atoms with Crippen LogP contribution in [0.4, 0.5) is 0 Å². The van der Waals surface area contributed by atoms with E-state index in [9.17, 15) is 0 Å². The van der Waals surface area contributed by atoms with Gasteiger partial charge in [0.1, 0.15) is 0 Å². The zero-order chi connectivity index (χ0) is 15.3. The number of hydrogen-bond acceptors (Lipinski definition) is 0. The maximum absolute atomic E-state index is 3.87. The summed E-state index contributed by atoms with van der Waals surface area (Å²) < 4.78 is 1.55. The van der Waals surface area contributed by atoms with E-state index < -0.39 is 0 Å². The van der Waals surface area contributed by atoms with Gasteiger partial charge in [0.25, 0.3) is 0 Å². The second-order valence-electron chi connectivity index (χ2n) is 8.28. The van der Waals surface area contributed by atoms with Gasteiger partial charge < -0.3 is 4.48 Å². The SMILES string of the molecule is BrCC[N+](C1CCCCC1)(C1CCCCC1)C1CCCCC1. The van der Waals surface area contributed by atoms with Gasteiger partial charge in [0, 0.05) is 0 Å². The van der Waals surface area contributed by atoms with Crippen molar-refractivity contribution < 1.29 is 4.48 Å². The first kappa shape index (κ1) is 17.3. The highest BCUT2D eigenvalue weighted by atomic mass is 79.9. The standard InChI is InChI=1S/C20H37BrN/c21-16-17-22(18-10-4-1-5-11-18,19-12-6-2-7-13-19)20-14-8-3-9-15-20/h18-20H,1-17H2/q+1. The summed E-state index contributed by atoms with van der Waals surface area (Å²) in [7, 11) is 0. The van der Waals surface area contributed by atoms with Gasteiger partial charge in [-0.15, -0.1) is 0 Å². The van der Waals surface area contributed by atoms with Crippen LogP contribution in [0, 0.1) is 0 Å². The lowest BCUT2D eigenvalue weighted by Gasteiger charge is -2.57. The van der Waals surface area contributed by atoms with Crippen molar-refractivity contribution in [2.45, 2.75) is 114 Å². The lowest BCUT2D eigenvalue weighted by atomic mass is 9.80. The fourth-order valence-electron chi connectivity index (χ4n) is 6.27. The first-order valence-corrected chi connectivity index (χ1v) is 11.4. The molecule has 2 heteroatoms. The molecule has 3 aliphatic rings. The van der Waals surface area contributed by atoms with Crippen LogP contribution in [0.1, 0.15) is 96.3 Å². The van der Waals surface area contributed by atoms with Crippen molar-refractivity contribution in [1.29, 1.82) is 0 Å². The molecule has 1 nitrogen and oxygen atoms in total. The Kier molecular flexibility index (Phi) is 6.68. The van der Waals surface area contributed by atoms with Crippen molar-refractivity contribution in [3.8, 4) is 0 Å². The molecule has 3 aliphatic carbocycles. The predicted molar refractivity (Wildman–Crippen MR) is 99.5 cm³/mol. The molecule has 0 unspecified atom stereocenters. The highest BCUT2D eigenvalue weighted by Gasteiger charge is 2.49. The molecule has 0 amide bonds. The molecule has 0 atom stereocenters. The quantitative estimate of drug-likeness (QED) is 0.399. The molecule has 0 aromatic carbocycles. The average molecular weight is 371 g/mol. The Labute approximate surface area is 146 Å². The highest BCUT2D eigenvalue weighted by Crippen LogP contribution is 2.43. The van der Waals surface area contributed by atoms with Gasteiger partial charge in [-0.05, 0) is 77.0 Å². The zero-order valence-electron chi connectivity index (χ0n) is 14.6. The predicted octanol–water partition coefficient (Wildman–Crippen LogP) is 6.20. The largest absolute Gasteiger partial charge is 0.316 e. The van der Waals surface area contributed by atoms with E-state index in [1.807, 2.05) is 0 Å². The third kappa shape index (κ3) is 3.58. The summed E-state index contributed by atoms with van der Waals surface area (Å²) in [6.45, 7) is 1.42. The Morgan fingerprint density at radius 1 is 0.545 bits per heavy atom. The number of rotatable bonds is 5. The van der Waals surface area contributed by atoms with E-state index in [0.717, 1.165) is 18.1 Å². The van der Waals surface area contributed by atoms with E-state index in [4.69, 9.17) is 0 Å². The summed E-state index contributed by atoms with van der Waals surface area (Å²) in [6, 6.07) is 2.99. The zero-order valence-corrected chi connectivity index (χ0v) is 16.2. The topological polar surface area (TPSA) is 0 Å². The van der Waals surface area contributed by atoms with Crippen LogP contribution < -0.4 is 0 Å². The fourth-order valence-corrected chi connectivity index (χ4v) is 6.89. The van der Waals surface area contributed by atoms with Gasteiger partial charge >= 0.3 is 0 Å². The first-order valence-electron chi connectivity index (χ1n) is 10.3. The maximum atomic E-state index is 3.87. The van der Waals surface area contributed by atoms with Gasteiger partial charge in [-0.25, -0.2) is 0 Å². The van der Waals surface area contributed by atoms with E-state index in [1.54, 1.807) is 4.48 Å². The fraction of sp³-hybridized carbons (Fsp3) is 1.00. The van der Waals surface area contributed by atoms with Gasteiger partial charge in [-0.3, -0.25) is 0 Å². The summed E-state index contributed by atoms with van der Waals surface area (Å²) in [6.07, 6.45) is 22.7. The third-order valence-corrected chi connectivity index (χ3v) is 7.59. The molecule has 0 N–H and O–H groups in total. The monoisotopic (exact) mass is 370 g/mol. The Balaban J connectivity index is 1.88. The van der Waals surface area contributed by atoms with E-state index in [1.165, 1.54) is 108 Å². The Morgan fingerprint density at radius 2 is 0.864 bits per heavy atom. The summed E-state index contributed by atoms with van der Waals surface area (Å²) in [5.74, 6) is 0. The molecule has 0 bridgehead atoms. The minimum atomic E-state index is 0.998. The second kappa shape index (κ2) is 8.51. The van der Waals surface area contributed by atoms with Crippen LogP contribution in [-0.2, 0) is 0 Å². The van der Waals surface area contributed by atoms with Gasteiger partial charge in [0.15, 0.2) is 0 Å². The molecule has 0 aromatic rings. The molecule has 22 heavy (non-hydrogen) atoms. The van der Waals surface area contributed by atoms with Crippen molar-refractivity contribution in [1.82, 2.24) is 0 Å². The molecule has 0 spiro atoms. The van der Waals surface area contributed by atoms with Crippen molar-refractivity contribution >= 4 is 15.9 Å². The molecule has 0 heterocycles. The smallest absolute Gasteiger partial charge is 0.0894 e. The minimum Gasteiger partial charge on any atom is -0.316 e. The summed E-state index contributed by atoms with van der Waals surface area (Å²) in [4.78, 5) is 0. The highest BCUT2D eigenvalue weighted by molar-refractivity contribution is 9.09. The maximum Gasteiger partial charge on any atom is 0.0894 e. The van der Waals surface area contributed by atoms with E-state index in [-0.39, 0.29) is 0 Å². The molecular formula is C20H37BrN+. The Hall–Kier alpha value is 0.440. The van der Waals surface area contributed by atoms with Gasteiger partial charge in [0.2, 0.25) is 0 Å². The first-order chi connectivity index (χ1) is 10.9. The third-order valence-electron chi connectivity index (χ3n) is 7.24. The van der Waals surface area contributed by atoms with Crippen LogP contribution in [0.3, 0.4) is 0 Å². The number of quaternary nitrogens is 1. The molecule has 128 valence electrons. The molecule has 0 radical (unpaired) electrons. The van der Waals surface area contributed by atoms with Gasteiger partial charge in [-0.1, -0.05) is 35.2 Å². The summed E-state index contributed by atoms with van der Waals surface area (Å²) >= 11 is 3.87. The van der Waals surface area contributed by atoms with Crippen LogP contribution in [0.2, 0.25) is 0 Å². The van der Waals surface area contributed by atoms with Crippen LogP contribution in [0.15, 0.2) is 0 Å². The van der Waals surface area contributed by atoms with Crippen LogP contribution in [-0.4, -0.2) is 34.5 Å². The molecule has 3 rings (SSSR count). The molecular weight excluding hydrogens is 334 g/mol. The van der Waals surface area contributed by atoms with E-state index >= 15 is 0 Å². The summed E-state index contributed by atoms with van der Waals surface area (Å²) in [5.41, 5.74) is 0. The molecule has 3 fully saturated rings. The van der Waals surface area contributed by atoms with E-state index in [2.05, 4.69) is 15.9 Å². The van der Waals surface area contributed by atoms with Crippen molar-refractivity contribution in [3.63, 3.8) is 0 Å². The van der Waals surface area contributed by atoms with Crippen molar-refractivity contribution in [2.24, 2.45) is 0 Å². The Bertz CT molecular complexity index is 266. The average Bonchev–Trinajstić information content (AvgIpc) is 2.62. The normalized spacial score (nSPS) is 27.1. The number of alkyl halides is 1.